The van der Waals surface area contributed by atoms with Gasteiger partial charge < -0.3 is 20.1 Å². The molecule has 2 N–H and O–H groups in total. The van der Waals surface area contributed by atoms with Gasteiger partial charge in [-0.2, -0.15) is 0 Å². The molecule has 0 amide bonds. The molecule has 4 heteroatoms. The third-order valence-corrected chi connectivity index (χ3v) is 3.47. The number of unbranched alkanes of at least 4 members (excludes halogenated alkanes) is 3. The zero-order valence-corrected chi connectivity index (χ0v) is 14.6. The molecule has 0 heterocycles. The molecule has 0 spiro atoms. The highest BCUT2D eigenvalue weighted by Crippen LogP contribution is 2.06. The monoisotopic (exact) mass is 335 g/mol. The molecule has 0 aliphatic carbocycles. The number of aliphatic carboxylic acids is 1. The molecule has 0 saturated heterocycles. The molecule has 0 radical (unpaired) electrons. The minimum Gasteiger partial charge on any atom is -0.550 e. The molecule has 136 valence electrons. The van der Waals surface area contributed by atoms with Crippen LogP contribution in [0.2, 0.25) is 0 Å². The Morgan fingerprint density at radius 1 is 1.00 bits per heavy atom. The normalized spacial score (nSPS) is 15.1. The van der Waals surface area contributed by atoms with Crippen molar-refractivity contribution in [1.29, 1.82) is 0 Å². The summed E-state index contributed by atoms with van der Waals surface area (Å²) in [5.74, 6) is -1.14. The summed E-state index contributed by atoms with van der Waals surface area (Å²) in [6.07, 6.45) is 19.4. The first-order valence-corrected chi connectivity index (χ1v) is 8.78. The molecule has 0 aliphatic heterocycles. The molecule has 0 unspecified atom stereocenters. The maximum absolute atomic E-state index is 10.3. The maximum atomic E-state index is 10.3. The number of carbonyl (C=O) groups excluding carboxylic acids is 1. The van der Waals surface area contributed by atoms with E-state index in [9.17, 15) is 20.1 Å². The average Bonchev–Trinajstić information content (AvgIpc) is 2.55. The molecule has 0 aliphatic rings. The molecule has 2 atom stereocenters. The Labute approximate surface area is 145 Å². The summed E-state index contributed by atoms with van der Waals surface area (Å²) in [4.78, 5) is 10.3. The van der Waals surface area contributed by atoms with Crippen LogP contribution in [-0.4, -0.2) is 28.4 Å². The lowest BCUT2D eigenvalue weighted by molar-refractivity contribution is -0.305. The molecule has 4 nitrogen and oxygen atoms in total. The lowest BCUT2D eigenvalue weighted by Crippen LogP contribution is -2.26. The van der Waals surface area contributed by atoms with Gasteiger partial charge >= 0.3 is 0 Å². The summed E-state index contributed by atoms with van der Waals surface area (Å²) in [7, 11) is 0. The lowest BCUT2D eigenvalue weighted by atomic mass is 10.1. The van der Waals surface area contributed by atoms with Crippen LogP contribution in [0.25, 0.3) is 0 Å². The topological polar surface area (TPSA) is 80.6 Å². The van der Waals surface area contributed by atoms with Gasteiger partial charge in [0.05, 0.1) is 12.2 Å². The second kappa shape index (κ2) is 16.2. The number of aliphatic hydroxyl groups excluding tert-OH is 2. The Morgan fingerprint density at radius 2 is 1.75 bits per heavy atom. The van der Waals surface area contributed by atoms with Crippen LogP contribution in [0.3, 0.4) is 0 Å². The van der Waals surface area contributed by atoms with Crippen LogP contribution in [0, 0.1) is 0 Å². The van der Waals surface area contributed by atoms with Gasteiger partial charge in [-0.3, -0.25) is 0 Å². The van der Waals surface area contributed by atoms with E-state index in [1.807, 2.05) is 18.2 Å². The number of rotatable bonds is 14. The van der Waals surface area contributed by atoms with E-state index in [1.165, 1.54) is 25.3 Å². The van der Waals surface area contributed by atoms with Crippen LogP contribution < -0.4 is 5.11 Å². The zero-order chi connectivity index (χ0) is 18.0. The van der Waals surface area contributed by atoms with Gasteiger partial charge in [0.1, 0.15) is 0 Å². The molecule has 0 rings (SSSR count). The summed E-state index contributed by atoms with van der Waals surface area (Å²) in [5, 5.41) is 29.6. The summed E-state index contributed by atoms with van der Waals surface area (Å²) < 4.78 is 0. The van der Waals surface area contributed by atoms with Crippen LogP contribution in [0.1, 0.15) is 58.3 Å². The smallest absolute Gasteiger partial charge is 0.0982 e. The van der Waals surface area contributed by atoms with Crippen molar-refractivity contribution in [3.8, 4) is 0 Å². The van der Waals surface area contributed by atoms with Crippen molar-refractivity contribution < 1.29 is 20.1 Å². The third kappa shape index (κ3) is 15.3. The standard InChI is InChI=1S/C20H32O4/c1-2-3-4-5-6-7-8-9-10-11-12-13-15-18(21)19(22)16-14-17-20(23)24/h6-7,9-13,15,18-19,21-22H,2-5,8,14,16-17H2,1H3,(H,23,24)/p-1/b7-6-,10-9-,12-11+,15-13+/t18-,19-/m0/s1. The zero-order valence-electron chi connectivity index (χ0n) is 14.6. The van der Waals surface area contributed by atoms with Gasteiger partial charge in [0.15, 0.2) is 0 Å². The van der Waals surface area contributed by atoms with Gasteiger partial charge in [-0.1, -0.05) is 68.4 Å². The molecule has 0 aromatic rings. The van der Waals surface area contributed by atoms with E-state index >= 15 is 0 Å². The molecular weight excluding hydrogens is 304 g/mol. The number of carboxylic acids is 1. The predicted molar refractivity (Wildman–Crippen MR) is 96.2 cm³/mol. The highest BCUT2D eigenvalue weighted by atomic mass is 16.4. The molecule has 0 fully saturated rings. The lowest BCUT2D eigenvalue weighted by Gasteiger charge is -2.14. The van der Waals surface area contributed by atoms with Crippen LogP contribution in [-0.2, 0) is 4.79 Å². The van der Waals surface area contributed by atoms with Crippen LogP contribution in [0.4, 0.5) is 0 Å². The second-order valence-corrected chi connectivity index (χ2v) is 5.72. The van der Waals surface area contributed by atoms with Gasteiger partial charge in [-0.25, -0.2) is 0 Å². The average molecular weight is 335 g/mol. The molecule has 0 bridgehead atoms. The second-order valence-electron chi connectivity index (χ2n) is 5.72. The quantitative estimate of drug-likeness (QED) is 0.291. The van der Waals surface area contributed by atoms with Crippen LogP contribution in [0.15, 0.2) is 48.6 Å². The number of hydrogen-bond donors (Lipinski definition) is 2. The Bertz CT molecular complexity index is 421. The van der Waals surface area contributed by atoms with Crippen molar-refractivity contribution in [3.63, 3.8) is 0 Å². The summed E-state index contributed by atoms with van der Waals surface area (Å²) in [6.45, 7) is 2.20. The fourth-order valence-corrected chi connectivity index (χ4v) is 2.02. The van der Waals surface area contributed by atoms with E-state index in [-0.39, 0.29) is 12.8 Å². The number of aliphatic hydroxyl groups is 2. The maximum Gasteiger partial charge on any atom is 0.0982 e. The van der Waals surface area contributed by atoms with Gasteiger partial charge in [-0.15, -0.1) is 0 Å². The third-order valence-electron chi connectivity index (χ3n) is 3.47. The van der Waals surface area contributed by atoms with Gasteiger partial charge in [0.25, 0.3) is 0 Å². The number of allylic oxidation sites excluding steroid dienone is 7. The fraction of sp³-hybridized carbons (Fsp3) is 0.550. The first-order chi connectivity index (χ1) is 11.6. The summed E-state index contributed by atoms with van der Waals surface area (Å²) in [6, 6.07) is 0. The molecule has 0 saturated carbocycles. The SMILES string of the molecule is CCCCC/C=C\C\C=C/C=C/C=C/[C@H](O)[C@@H](O)CCCC(=O)[O-]. The number of carbonyl (C=O) groups is 1. The van der Waals surface area contributed by atoms with Crippen LogP contribution in [0.5, 0.6) is 0 Å². The summed E-state index contributed by atoms with van der Waals surface area (Å²) in [5.41, 5.74) is 0. The highest BCUT2D eigenvalue weighted by molar-refractivity contribution is 5.64. The van der Waals surface area contributed by atoms with Crippen molar-refractivity contribution in [1.82, 2.24) is 0 Å². The highest BCUT2D eigenvalue weighted by Gasteiger charge is 2.11. The van der Waals surface area contributed by atoms with E-state index < -0.39 is 18.2 Å². The van der Waals surface area contributed by atoms with E-state index in [0.717, 1.165) is 12.8 Å². The molecule has 24 heavy (non-hydrogen) atoms. The molecule has 0 aromatic heterocycles. The van der Waals surface area contributed by atoms with Gasteiger partial charge in [0.2, 0.25) is 0 Å². The van der Waals surface area contributed by atoms with E-state index in [1.54, 1.807) is 12.2 Å². The largest absolute Gasteiger partial charge is 0.550 e. The molecule has 0 aromatic carbocycles. The Kier molecular flexibility index (Phi) is 15.1. The van der Waals surface area contributed by atoms with Crippen LogP contribution >= 0.6 is 0 Å². The Morgan fingerprint density at radius 3 is 2.46 bits per heavy atom. The van der Waals surface area contributed by atoms with Crippen molar-refractivity contribution in [3.05, 3.63) is 48.6 Å². The van der Waals surface area contributed by atoms with E-state index in [4.69, 9.17) is 0 Å². The fourth-order valence-electron chi connectivity index (χ4n) is 2.02. The number of carboxylic acid groups (broad SMARTS) is 1. The minimum atomic E-state index is -1.14. The number of hydrogen-bond acceptors (Lipinski definition) is 4. The summed E-state index contributed by atoms with van der Waals surface area (Å²) >= 11 is 0. The first-order valence-electron chi connectivity index (χ1n) is 8.78. The van der Waals surface area contributed by atoms with Crippen molar-refractivity contribution in [2.24, 2.45) is 0 Å². The predicted octanol–water partition coefficient (Wildman–Crippen LogP) is 2.82. The van der Waals surface area contributed by atoms with Crippen molar-refractivity contribution in [2.45, 2.75) is 70.5 Å². The van der Waals surface area contributed by atoms with Gasteiger partial charge in [0, 0.05) is 5.97 Å². The van der Waals surface area contributed by atoms with Crippen molar-refractivity contribution >= 4 is 5.97 Å². The minimum absolute atomic E-state index is 0.106. The molecular formula is C20H31O4-. The Hall–Kier alpha value is -1.65. The first kappa shape index (κ1) is 22.4. The van der Waals surface area contributed by atoms with Crippen molar-refractivity contribution in [2.75, 3.05) is 0 Å². The van der Waals surface area contributed by atoms with E-state index in [0.29, 0.717) is 6.42 Å². The van der Waals surface area contributed by atoms with E-state index in [2.05, 4.69) is 19.1 Å². The Balaban J connectivity index is 3.81. The van der Waals surface area contributed by atoms with Gasteiger partial charge in [-0.05, 0) is 38.5 Å².